The zero-order chi connectivity index (χ0) is 22.2. The summed E-state index contributed by atoms with van der Waals surface area (Å²) in [6, 6.07) is 13.6. The average Bonchev–Trinajstić information content (AvgIpc) is 2.87. The molecule has 2 aromatic carbocycles. The number of hydrogen-bond acceptors (Lipinski definition) is 5. The molecule has 3 aliphatic rings. The second kappa shape index (κ2) is 6.33. The largest absolute Gasteiger partial charge is 0.508 e. The van der Waals surface area contributed by atoms with E-state index < -0.39 is 17.6 Å². The first kappa shape index (κ1) is 20.5. The van der Waals surface area contributed by atoms with Gasteiger partial charge >= 0.3 is 0 Å². The molecule has 2 aromatic rings. The van der Waals surface area contributed by atoms with Crippen molar-refractivity contribution in [3.8, 4) is 5.75 Å². The maximum atomic E-state index is 11.7. The zero-order valence-corrected chi connectivity index (χ0v) is 19.0. The topological polar surface area (TPSA) is 65.3 Å². The molecule has 164 valence electrons. The van der Waals surface area contributed by atoms with Crippen LogP contribution < -0.4 is 4.90 Å². The van der Waals surface area contributed by atoms with Crippen LogP contribution in [0, 0.1) is 5.41 Å². The molecule has 2 heterocycles. The number of para-hydroxylation sites is 1. The highest BCUT2D eigenvalue weighted by Crippen LogP contribution is 2.56. The van der Waals surface area contributed by atoms with E-state index in [9.17, 15) is 10.2 Å². The highest BCUT2D eigenvalue weighted by atomic mass is 16.6. The van der Waals surface area contributed by atoms with Crippen LogP contribution in [0.2, 0.25) is 0 Å². The maximum Gasteiger partial charge on any atom is 0.209 e. The van der Waals surface area contributed by atoms with E-state index in [0.29, 0.717) is 12.0 Å². The number of anilines is 1. The van der Waals surface area contributed by atoms with Gasteiger partial charge in [0.15, 0.2) is 5.72 Å². The van der Waals surface area contributed by atoms with Crippen molar-refractivity contribution in [3.05, 3.63) is 59.2 Å². The lowest BCUT2D eigenvalue weighted by atomic mass is 9.75. The smallest absolute Gasteiger partial charge is 0.209 e. The Hall–Kier alpha value is -2.37. The molecule has 5 heteroatoms. The van der Waals surface area contributed by atoms with Gasteiger partial charge in [-0.2, -0.15) is 0 Å². The minimum Gasteiger partial charge on any atom is -0.508 e. The highest BCUT2D eigenvalue weighted by molar-refractivity contribution is 5.85. The molecule has 2 aliphatic heterocycles. The Morgan fingerprint density at radius 3 is 2.61 bits per heavy atom. The second-order valence-electron chi connectivity index (χ2n) is 11.0. The van der Waals surface area contributed by atoms with Crippen LogP contribution in [0.3, 0.4) is 0 Å². The van der Waals surface area contributed by atoms with Gasteiger partial charge in [-0.05, 0) is 47.6 Å². The zero-order valence-electron chi connectivity index (χ0n) is 19.0. The summed E-state index contributed by atoms with van der Waals surface area (Å²) in [7, 11) is 0. The first-order valence-electron chi connectivity index (χ1n) is 11.1. The van der Waals surface area contributed by atoms with Gasteiger partial charge in [-0.25, -0.2) is 0 Å². The Labute approximate surface area is 184 Å². The summed E-state index contributed by atoms with van der Waals surface area (Å²) in [6.07, 6.45) is 2.78. The van der Waals surface area contributed by atoms with E-state index >= 15 is 0 Å². The van der Waals surface area contributed by atoms with E-state index in [2.05, 4.69) is 63.8 Å². The predicted molar refractivity (Wildman–Crippen MR) is 123 cm³/mol. The first-order valence-corrected chi connectivity index (χ1v) is 11.1. The summed E-state index contributed by atoms with van der Waals surface area (Å²) in [5, 5.41) is 21.7. The Morgan fingerprint density at radius 2 is 1.87 bits per heavy atom. The van der Waals surface area contributed by atoms with Gasteiger partial charge in [0.25, 0.3) is 0 Å². The van der Waals surface area contributed by atoms with E-state index in [0.717, 1.165) is 24.2 Å². The molecule has 1 aliphatic carbocycles. The fraction of sp³-hybridized carbons (Fsp3) is 0.500. The van der Waals surface area contributed by atoms with E-state index in [1.54, 1.807) is 12.1 Å². The Balaban J connectivity index is 1.68. The van der Waals surface area contributed by atoms with Gasteiger partial charge in [-0.15, -0.1) is 0 Å². The van der Waals surface area contributed by atoms with Crippen molar-refractivity contribution >= 4 is 11.9 Å². The van der Waals surface area contributed by atoms with E-state index in [1.165, 1.54) is 5.56 Å². The molecule has 1 spiro atoms. The van der Waals surface area contributed by atoms with Crippen molar-refractivity contribution in [1.29, 1.82) is 0 Å². The molecule has 5 rings (SSSR count). The van der Waals surface area contributed by atoms with Gasteiger partial charge in [-0.1, -0.05) is 58.9 Å². The highest BCUT2D eigenvalue weighted by Gasteiger charge is 2.63. The number of aromatic hydroxyl groups is 1. The fourth-order valence-corrected chi connectivity index (χ4v) is 5.58. The summed E-state index contributed by atoms with van der Waals surface area (Å²) in [5.41, 5.74) is 1.43. The lowest BCUT2D eigenvalue weighted by molar-refractivity contribution is -0.187. The van der Waals surface area contributed by atoms with Crippen LogP contribution in [0.5, 0.6) is 5.75 Å². The minimum atomic E-state index is -1.49. The van der Waals surface area contributed by atoms with Gasteiger partial charge in [-0.3, -0.25) is 4.99 Å². The van der Waals surface area contributed by atoms with E-state index in [4.69, 9.17) is 9.73 Å². The van der Waals surface area contributed by atoms with E-state index in [1.807, 2.05) is 12.3 Å². The van der Waals surface area contributed by atoms with Crippen molar-refractivity contribution in [3.63, 3.8) is 0 Å². The molecule has 0 saturated carbocycles. The van der Waals surface area contributed by atoms with Crippen LogP contribution in [0.25, 0.3) is 0 Å². The summed E-state index contributed by atoms with van der Waals surface area (Å²) >= 11 is 0. The predicted octanol–water partition coefficient (Wildman–Crippen LogP) is 4.49. The lowest BCUT2D eigenvalue weighted by Crippen LogP contribution is -2.66. The van der Waals surface area contributed by atoms with Crippen molar-refractivity contribution in [1.82, 2.24) is 0 Å². The Kier molecular flexibility index (Phi) is 4.19. The molecule has 3 unspecified atom stereocenters. The van der Waals surface area contributed by atoms with Gasteiger partial charge in [0.05, 0.1) is 6.21 Å². The second-order valence-corrected chi connectivity index (χ2v) is 11.0. The van der Waals surface area contributed by atoms with Crippen molar-refractivity contribution < 1.29 is 14.9 Å². The molecule has 3 atom stereocenters. The third-order valence-corrected chi connectivity index (χ3v) is 7.17. The number of fused-ring (bicyclic) bond motifs is 4. The monoisotopic (exact) mass is 420 g/mol. The quantitative estimate of drug-likeness (QED) is 0.713. The Morgan fingerprint density at radius 1 is 1.13 bits per heavy atom. The number of hydrogen-bond donors (Lipinski definition) is 2. The lowest BCUT2D eigenvalue weighted by Gasteiger charge is -2.53. The van der Waals surface area contributed by atoms with Gasteiger partial charge in [0.1, 0.15) is 11.9 Å². The number of aliphatic imine (C=N–C) groups is 1. The van der Waals surface area contributed by atoms with Crippen LogP contribution in [0.1, 0.15) is 57.7 Å². The van der Waals surface area contributed by atoms with Gasteiger partial charge < -0.3 is 19.8 Å². The molecule has 2 N–H and O–H groups in total. The third-order valence-electron chi connectivity index (χ3n) is 7.17. The van der Waals surface area contributed by atoms with E-state index in [-0.39, 0.29) is 16.6 Å². The third kappa shape index (κ3) is 2.79. The summed E-state index contributed by atoms with van der Waals surface area (Å²) in [6.45, 7) is 11.9. The van der Waals surface area contributed by atoms with Crippen LogP contribution >= 0.6 is 0 Å². The van der Waals surface area contributed by atoms with Crippen LogP contribution in [0.15, 0.2) is 47.5 Å². The number of aryl methyl sites for hydroxylation is 1. The Bertz CT molecular complexity index is 1070. The number of aliphatic hydroxyl groups is 1. The summed E-state index contributed by atoms with van der Waals surface area (Å²) in [5.74, 6) is 0.131. The minimum absolute atomic E-state index is 0.0381. The number of rotatable bonds is 1. The molecule has 0 amide bonds. The molecule has 0 saturated heterocycles. The molecule has 5 nitrogen and oxygen atoms in total. The number of phenolic OH excluding ortho intramolecular Hbond substituents is 1. The SMILES string of the molecule is CC(C)(C)CN1c2ccccc2C(C)(C)C12C=NC1(O)c3cc(O)ccc3CCC1O2. The molecular weight excluding hydrogens is 388 g/mol. The first-order chi connectivity index (χ1) is 14.5. The normalized spacial score (nSPS) is 30.8. The molecular formula is C26H32N2O3. The van der Waals surface area contributed by atoms with Gasteiger partial charge in [0.2, 0.25) is 5.72 Å². The molecule has 31 heavy (non-hydrogen) atoms. The van der Waals surface area contributed by atoms with Gasteiger partial charge in [0, 0.05) is 23.2 Å². The average molecular weight is 421 g/mol. The standard InChI is InChI=1S/C26H32N2O3/c1-23(2,3)16-28-21-9-7-6-8-19(21)24(4,5)25(28)15-27-26(30)20-14-18(29)12-10-17(20)11-13-22(26)31-25/h6-10,12,14-15,22,29-30H,11,13,16H2,1-5H3. The molecule has 0 aromatic heterocycles. The molecule has 0 bridgehead atoms. The van der Waals surface area contributed by atoms with Crippen LogP contribution in [0.4, 0.5) is 5.69 Å². The number of benzene rings is 2. The van der Waals surface area contributed by atoms with Crippen LogP contribution in [-0.4, -0.2) is 34.8 Å². The maximum absolute atomic E-state index is 11.7. The van der Waals surface area contributed by atoms with Crippen molar-refractivity contribution in [2.75, 3.05) is 11.4 Å². The molecule has 0 radical (unpaired) electrons. The summed E-state index contributed by atoms with van der Waals surface area (Å²) in [4.78, 5) is 7.15. The van der Waals surface area contributed by atoms with Crippen molar-refractivity contribution in [2.24, 2.45) is 10.4 Å². The molecule has 0 fully saturated rings. The van der Waals surface area contributed by atoms with Crippen molar-refractivity contribution in [2.45, 2.75) is 70.4 Å². The number of phenols is 1. The summed E-state index contributed by atoms with van der Waals surface area (Å²) < 4.78 is 6.94. The number of nitrogens with zero attached hydrogens (tertiary/aromatic N) is 2. The fourth-order valence-electron chi connectivity index (χ4n) is 5.58. The van der Waals surface area contributed by atoms with Crippen LogP contribution in [-0.2, 0) is 22.3 Å². The number of ether oxygens (including phenoxy) is 1.